The van der Waals surface area contributed by atoms with Gasteiger partial charge in [0.05, 0.1) is 18.0 Å². The molecule has 20 heavy (non-hydrogen) atoms. The summed E-state index contributed by atoms with van der Waals surface area (Å²) < 4.78 is 6.01. The molecule has 0 saturated carbocycles. The van der Waals surface area contributed by atoms with Gasteiger partial charge in [-0.1, -0.05) is 34.6 Å². The molecule has 0 amide bonds. The van der Waals surface area contributed by atoms with Gasteiger partial charge in [0.1, 0.15) is 5.82 Å². The van der Waals surface area contributed by atoms with E-state index in [0.29, 0.717) is 11.8 Å². The van der Waals surface area contributed by atoms with Gasteiger partial charge in [0.25, 0.3) is 0 Å². The second-order valence-corrected chi connectivity index (χ2v) is 5.94. The van der Waals surface area contributed by atoms with Crippen LogP contribution >= 0.6 is 0 Å². The van der Waals surface area contributed by atoms with Gasteiger partial charge in [-0.25, -0.2) is 9.97 Å². The summed E-state index contributed by atoms with van der Waals surface area (Å²) >= 11 is 0. The fraction of sp³-hybridized carbons (Fsp3) is 0.750. The molecule has 0 bridgehead atoms. The number of hydrogen-bond donors (Lipinski definition) is 1. The van der Waals surface area contributed by atoms with Crippen molar-refractivity contribution in [1.82, 2.24) is 15.3 Å². The molecule has 0 fully saturated rings. The first-order valence-corrected chi connectivity index (χ1v) is 7.68. The summed E-state index contributed by atoms with van der Waals surface area (Å²) in [6.07, 6.45) is 3.10. The Kier molecular flexibility index (Phi) is 6.93. The Balaban J connectivity index is 2.90. The highest BCUT2D eigenvalue weighted by Gasteiger charge is 2.15. The molecule has 0 saturated heterocycles. The summed E-state index contributed by atoms with van der Waals surface area (Å²) in [6, 6.07) is 0. The lowest BCUT2D eigenvalue weighted by molar-refractivity contribution is 0.167. The fourth-order valence-electron chi connectivity index (χ4n) is 1.64. The van der Waals surface area contributed by atoms with Crippen LogP contribution < -0.4 is 10.1 Å². The van der Waals surface area contributed by atoms with Crippen molar-refractivity contribution in [3.05, 3.63) is 17.7 Å². The van der Waals surface area contributed by atoms with Gasteiger partial charge in [-0.3, -0.25) is 0 Å². The first kappa shape index (κ1) is 16.9. The van der Waals surface area contributed by atoms with E-state index in [0.717, 1.165) is 36.8 Å². The molecule has 1 unspecified atom stereocenters. The van der Waals surface area contributed by atoms with Crippen molar-refractivity contribution in [2.24, 2.45) is 5.92 Å². The molecule has 0 spiro atoms. The second-order valence-electron chi connectivity index (χ2n) is 5.94. The van der Waals surface area contributed by atoms with Crippen molar-refractivity contribution in [3.63, 3.8) is 0 Å². The maximum absolute atomic E-state index is 6.01. The van der Waals surface area contributed by atoms with E-state index >= 15 is 0 Å². The minimum Gasteiger partial charge on any atom is -0.487 e. The van der Waals surface area contributed by atoms with Crippen LogP contribution in [0.2, 0.25) is 0 Å². The van der Waals surface area contributed by atoms with Crippen molar-refractivity contribution >= 4 is 0 Å². The van der Waals surface area contributed by atoms with Gasteiger partial charge in [-0.15, -0.1) is 0 Å². The van der Waals surface area contributed by atoms with Crippen LogP contribution in [0.15, 0.2) is 6.20 Å². The summed E-state index contributed by atoms with van der Waals surface area (Å²) in [7, 11) is 0. The predicted molar refractivity (Wildman–Crippen MR) is 83.0 cm³/mol. The quantitative estimate of drug-likeness (QED) is 0.740. The fourth-order valence-corrected chi connectivity index (χ4v) is 1.64. The van der Waals surface area contributed by atoms with Crippen LogP contribution in [0.1, 0.15) is 65.4 Å². The highest BCUT2D eigenvalue weighted by molar-refractivity contribution is 5.25. The molecular weight excluding hydrogens is 250 g/mol. The molecule has 1 N–H and O–H groups in total. The van der Waals surface area contributed by atoms with E-state index in [4.69, 9.17) is 4.74 Å². The summed E-state index contributed by atoms with van der Waals surface area (Å²) in [5, 5.41) is 3.39. The van der Waals surface area contributed by atoms with Crippen molar-refractivity contribution in [2.75, 3.05) is 6.54 Å². The van der Waals surface area contributed by atoms with Gasteiger partial charge in [0.15, 0.2) is 5.75 Å². The highest BCUT2D eigenvalue weighted by Crippen LogP contribution is 2.21. The predicted octanol–water partition coefficient (Wildman–Crippen LogP) is 3.52. The second kappa shape index (κ2) is 8.20. The summed E-state index contributed by atoms with van der Waals surface area (Å²) in [5.74, 6) is 2.48. The van der Waals surface area contributed by atoms with E-state index in [1.54, 1.807) is 0 Å². The Hall–Kier alpha value is -1.16. The Labute approximate surface area is 123 Å². The SMILES string of the molecule is CCCNCc1nc(C(C)C)ncc1OC(C)C(C)C. The largest absolute Gasteiger partial charge is 0.487 e. The van der Waals surface area contributed by atoms with Gasteiger partial charge >= 0.3 is 0 Å². The van der Waals surface area contributed by atoms with Crippen molar-refractivity contribution in [3.8, 4) is 5.75 Å². The smallest absolute Gasteiger partial charge is 0.160 e. The maximum Gasteiger partial charge on any atom is 0.160 e. The van der Waals surface area contributed by atoms with E-state index in [2.05, 4.69) is 56.8 Å². The van der Waals surface area contributed by atoms with Crippen molar-refractivity contribution in [2.45, 2.75) is 66.5 Å². The summed E-state index contributed by atoms with van der Waals surface area (Å²) in [4.78, 5) is 9.07. The molecule has 1 aromatic rings. The van der Waals surface area contributed by atoms with Gasteiger partial charge in [-0.05, 0) is 25.8 Å². The molecule has 0 aliphatic heterocycles. The van der Waals surface area contributed by atoms with Gasteiger partial charge in [-0.2, -0.15) is 0 Å². The van der Waals surface area contributed by atoms with Crippen LogP contribution in [0.5, 0.6) is 5.75 Å². The lowest BCUT2D eigenvalue weighted by atomic mass is 10.1. The Morgan fingerprint density at radius 1 is 1.20 bits per heavy atom. The number of nitrogens with one attached hydrogen (secondary N) is 1. The number of nitrogens with zero attached hydrogens (tertiary/aromatic N) is 2. The lowest BCUT2D eigenvalue weighted by Crippen LogP contribution is -2.22. The average Bonchev–Trinajstić information content (AvgIpc) is 2.40. The van der Waals surface area contributed by atoms with E-state index in [9.17, 15) is 0 Å². The van der Waals surface area contributed by atoms with Crippen molar-refractivity contribution in [1.29, 1.82) is 0 Å². The third-order valence-electron chi connectivity index (χ3n) is 3.34. The monoisotopic (exact) mass is 279 g/mol. The number of rotatable bonds is 8. The first-order chi connectivity index (χ1) is 9.45. The van der Waals surface area contributed by atoms with Crippen LogP contribution in [0.25, 0.3) is 0 Å². The van der Waals surface area contributed by atoms with E-state index in [1.165, 1.54) is 0 Å². The van der Waals surface area contributed by atoms with Crippen LogP contribution in [0.4, 0.5) is 0 Å². The Morgan fingerprint density at radius 2 is 1.90 bits per heavy atom. The van der Waals surface area contributed by atoms with Crippen LogP contribution in [-0.2, 0) is 6.54 Å². The molecule has 1 atom stereocenters. The zero-order valence-electron chi connectivity index (χ0n) is 13.7. The zero-order valence-corrected chi connectivity index (χ0v) is 13.7. The standard InChI is InChI=1S/C16H29N3O/c1-7-8-17-9-14-15(20-13(6)11(2)3)10-18-16(19-14)12(4)5/h10-13,17H,7-9H2,1-6H3. The van der Waals surface area contributed by atoms with E-state index in [1.807, 2.05) is 6.20 Å². The molecule has 1 aromatic heterocycles. The molecule has 0 aliphatic rings. The van der Waals surface area contributed by atoms with Gasteiger partial charge < -0.3 is 10.1 Å². The maximum atomic E-state index is 6.01. The van der Waals surface area contributed by atoms with E-state index < -0.39 is 0 Å². The topological polar surface area (TPSA) is 47.0 Å². The molecule has 1 rings (SSSR count). The average molecular weight is 279 g/mol. The molecule has 1 heterocycles. The number of hydrogen-bond acceptors (Lipinski definition) is 4. The molecule has 0 aromatic carbocycles. The minimum absolute atomic E-state index is 0.161. The molecule has 114 valence electrons. The Bertz CT molecular complexity index is 405. The summed E-state index contributed by atoms with van der Waals surface area (Å²) in [5.41, 5.74) is 0.963. The third kappa shape index (κ3) is 5.08. The molecule has 0 radical (unpaired) electrons. The third-order valence-corrected chi connectivity index (χ3v) is 3.34. The van der Waals surface area contributed by atoms with E-state index in [-0.39, 0.29) is 6.10 Å². The van der Waals surface area contributed by atoms with Crippen LogP contribution in [0.3, 0.4) is 0 Å². The number of ether oxygens (including phenoxy) is 1. The molecule has 4 heteroatoms. The van der Waals surface area contributed by atoms with Crippen LogP contribution in [0, 0.1) is 5.92 Å². The highest BCUT2D eigenvalue weighted by atomic mass is 16.5. The minimum atomic E-state index is 0.161. The van der Waals surface area contributed by atoms with Crippen molar-refractivity contribution < 1.29 is 4.74 Å². The van der Waals surface area contributed by atoms with Gasteiger partial charge in [0, 0.05) is 12.5 Å². The summed E-state index contributed by atoms with van der Waals surface area (Å²) in [6.45, 7) is 14.5. The molecule has 4 nitrogen and oxygen atoms in total. The lowest BCUT2D eigenvalue weighted by Gasteiger charge is -2.20. The Morgan fingerprint density at radius 3 is 2.45 bits per heavy atom. The van der Waals surface area contributed by atoms with Gasteiger partial charge in [0.2, 0.25) is 0 Å². The number of aromatic nitrogens is 2. The molecule has 0 aliphatic carbocycles. The van der Waals surface area contributed by atoms with Crippen LogP contribution in [-0.4, -0.2) is 22.6 Å². The first-order valence-electron chi connectivity index (χ1n) is 7.68. The molecular formula is C16H29N3O. The normalized spacial score (nSPS) is 13.0. The zero-order chi connectivity index (χ0) is 15.1.